The zero-order valence-electron chi connectivity index (χ0n) is 19.4. The summed E-state index contributed by atoms with van der Waals surface area (Å²) in [4.78, 5) is 54.4. The van der Waals surface area contributed by atoms with E-state index in [1.54, 1.807) is 23.8 Å². The van der Waals surface area contributed by atoms with Crippen LogP contribution in [0.5, 0.6) is 0 Å². The molecule has 0 unspecified atom stereocenters. The summed E-state index contributed by atoms with van der Waals surface area (Å²) in [6.45, 7) is 7.79. The van der Waals surface area contributed by atoms with Gasteiger partial charge in [-0.25, -0.2) is 0 Å². The van der Waals surface area contributed by atoms with Crippen molar-refractivity contribution in [3.63, 3.8) is 0 Å². The summed E-state index contributed by atoms with van der Waals surface area (Å²) in [7, 11) is 1.68. The molecule has 0 saturated carbocycles. The topological polar surface area (TPSA) is 90.0 Å². The Balaban J connectivity index is 2.12. The highest BCUT2D eigenvalue weighted by Gasteiger charge is 2.37. The molecule has 2 saturated heterocycles. The van der Waals surface area contributed by atoms with Crippen LogP contribution in [0, 0.1) is 5.92 Å². The molecule has 8 heteroatoms. The van der Waals surface area contributed by atoms with Gasteiger partial charge in [0, 0.05) is 32.3 Å². The molecule has 0 aromatic carbocycles. The molecule has 2 aliphatic heterocycles. The van der Waals surface area contributed by atoms with Crippen LogP contribution in [0.4, 0.5) is 0 Å². The molecule has 2 fully saturated rings. The van der Waals surface area contributed by atoms with E-state index in [0.29, 0.717) is 24.9 Å². The predicted molar refractivity (Wildman–Crippen MR) is 119 cm³/mol. The van der Waals surface area contributed by atoms with Crippen LogP contribution in [0.2, 0.25) is 0 Å². The Hall–Kier alpha value is -2.38. The smallest absolute Gasteiger partial charge is 0.249 e. The maximum atomic E-state index is 13.3. The molecule has 2 rings (SSSR count). The molecule has 0 bridgehead atoms. The Kier molecular flexibility index (Phi) is 9.52. The van der Waals surface area contributed by atoms with Gasteiger partial charge in [0.1, 0.15) is 6.04 Å². The SMILES string of the molecule is CC(=C[C@H](C(C)C)N(C)C(=O)CNC=O)C(=O)N1CCC[C@H]1C(=O)N1CCCCCC1. The molecule has 0 aromatic heterocycles. The number of likely N-dealkylation sites (N-methyl/N-ethyl adjacent to an activating group) is 1. The Labute approximate surface area is 186 Å². The minimum Gasteiger partial charge on any atom is -0.350 e. The highest BCUT2D eigenvalue weighted by molar-refractivity contribution is 5.97. The van der Waals surface area contributed by atoms with Crippen molar-refractivity contribution in [2.45, 2.75) is 71.4 Å². The summed E-state index contributed by atoms with van der Waals surface area (Å²) in [5.74, 6) is -0.199. The van der Waals surface area contributed by atoms with E-state index in [4.69, 9.17) is 0 Å². The van der Waals surface area contributed by atoms with Gasteiger partial charge in [0.15, 0.2) is 0 Å². The zero-order valence-corrected chi connectivity index (χ0v) is 19.4. The van der Waals surface area contributed by atoms with Gasteiger partial charge in [-0.3, -0.25) is 19.2 Å². The first kappa shape index (κ1) is 24.9. The second-order valence-electron chi connectivity index (χ2n) is 8.98. The van der Waals surface area contributed by atoms with E-state index in [1.165, 1.54) is 0 Å². The molecular weight excluding hydrogens is 396 g/mol. The van der Waals surface area contributed by atoms with Gasteiger partial charge >= 0.3 is 0 Å². The number of carbonyl (C=O) groups excluding carboxylic acids is 4. The molecule has 0 aromatic rings. The summed E-state index contributed by atoms with van der Waals surface area (Å²) >= 11 is 0. The second kappa shape index (κ2) is 11.9. The van der Waals surface area contributed by atoms with Crippen molar-refractivity contribution in [1.82, 2.24) is 20.0 Å². The molecule has 4 amide bonds. The van der Waals surface area contributed by atoms with Crippen molar-refractivity contribution >= 4 is 24.1 Å². The maximum Gasteiger partial charge on any atom is 0.249 e. The van der Waals surface area contributed by atoms with Crippen LogP contribution in [0.1, 0.15) is 59.3 Å². The van der Waals surface area contributed by atoms with Gasteiger partial charge in [0.2, 0.25) is 24.1 Å². The number of hydrogen-bond donors (Lipinski definition) is 1. The standard InChI is InChI=1S/C23H38N4O4/c1-17(2)20(25(4)21(29)15-24-16-28)14-18(3)22(30)27-13-9-10-19(27)23(31)26-11-7-5-6-8-12-26/h14,16-17,19-20H,5-13,15H2,1-4H3,(H,24,28)/t19-,20+/m0/s1. The normalized spacial score (nSPS) is 20.9. The fourth-order valence-electron chi connectivity index (χ4n) is 4.49. The van der Waals surface area contributed by atoms with E-state index >= 15 is 0 Å². The average molecular weight is 435 g/mol. The third-order valence-corrected chi connectivity index (χ3v) is 6.33. The average Bonchev–Trinajstić information content (AvgIpc) is 3.08. The number of amides is 4. The lowest BCUT2D eigenvalue weighted by Gasteiger charge is -2.31. The largest absolute Gasteiger partial charge is 0.350 e. The van der Waals surface area contributed by atoms with Crippen molar-refractivity contribution in [1.29, 1.82) is 0 Å². The van der Waals surface area contributed by atoms with E-state index in [2.05, 4.69) is 5.32 Å². The van der Waals surface area contributed by atoms with Crippen molar-refractivity contribution in [3.8, 4) is 0 Å². The second-order valence-corrected chi connectivity index (χ2v) is 8.98. The van der Waals surface area contributed by atoms with Crippen molar-refractivity contribution in [2.75, 3.05) is 33.2 Å². The van der Waals surface area contributed by atoms with Gasteiger partial charge in [0.05, 0.1) is 12.6 Å². The summed E-state index contributed by atoms with van der Waals surface area (Å²) in [5, 5.41) is 2.39. The highest BCUT2D eigenvalue weighted by Crippen LogP contribution is 2.24. The number of hydrogen-bond acceptors (Lipinski definition) is 4. The van der Waals surface area contributed by atoms with Crippen LogP contribution in [-0.4, -0.2) is 84.1 Å². The van der Waals surface area contributed by atoms with E-state index in [9.17, 15) is 19.2 Å². The molecule has 174 valence electrons. The van der Waals surface area contributed by atoms with Crippen LogP contribution in [0.3, 0.4) is 0 Å². The first-order valence-corrected chi connectivity index (χ1v) is 11.5. The lowest BCUT2D eigenvalue weighted by Crippen LogP contribution is -2.48. The number of nitrogens with zero attached hydrogens (tertiary/aromatic N) is 3. The maximum absolute atomic E-state index is 13.3. The van der Waals surface area contributed by atoms with E-state index in [1.807, 2.05) is 24.8 Å². The first-order valence-electron chi connectivity index (χ1n) is 11.5. The third-order valence-electron chi connectivity index (χ3n) is 6.33. The minimum atomic E-state index is -0.386. The Morgan fingerprint density at radius 2 is 1.71 bits per heavy atom. The summed E-state index contributed by atoms with van der Waals surface area (Å²) in [5.41, 5.74) is 0.539. The molecule has 0 radical (unpaired) electrons. The summed E-state index contributed by atoms with van der Waals surface area (Å²) in [6, 6.07) is -0.671. The van der Waals surface area contributed by atoms with Crippen LogP contribution in [-0.2, 0) is 19.2 Å². The fourth-order valence-corrected chi connectivity index (χ4v) is 4.49. The van der Waals surface area contributed by atoms with Gasteiger partial charge in [-0.1, -0.05) is 32.8 Å². The number of nitrogens with one attached hydrogen (secondary N) is 1. The van der Waals surface area contributed by atoms with E-state index < -0.39 is 0 Å². The fraction of sp³-hybridized carbons (Fsp3) is 0.739. The van der Waals surface area contributed by atoms with Crippen LogP contribution in [0.25, 0.3) is 0 Å². The predicted octanol–water partition coefficient (Wildman–Crippen LogP) is 1.56. The minimum absolute atomic E-state index is 0.0770. The van der Waals surface area contributed by atoms with Crippen LogP contribution >= 0.6 is 0 Å². The lowest BCUT2D eigenvalue weighted by atomic mass is 9.99. The summed E-state index contributed by atoms with van der Waals surface area (Å²) < 4.78 is 0. The van der Waals surface area contributed by atoms with Crippen LogP contribution < -0.4 is 5.32 Å². The summed E-state index contributed by atoms with van der Waals surface area (Å²) in [6.07, 6.45) is 8.22. The number of likely N-dealkylation sites (tertiary alicyclic amines) is 2. The molecule has 31 heavy (non-hydrogen) atoms. The van der Waals surface area contributed by atoms with Gasteiger partial charge in [0.25, 0.3) is 0 Å². The molecular formula is C23H38N4O4. The van der Waals surface area contributed by atoms with Gasteiger partial charge < -0.3 is 20.0 Å². The van der Waals surface area contributed by atoms with Crippen molar-refractivity contribution in [3.05, 3.63) is 11.6 Å². The third kappa shape index (κ3) is 6.55. The van der Waals surface area contributed by atoms with Gasteiger partial charge in [-0.15, -0.1) is 0 Å². The highest BCUT2D eigenvalue weighted by atomic mass is 16.2. The number of rotatable bonds is 8. The van der Waals surface area contributed by atoms with Gasteiger partial charge in [-0.05, 0) is 38.5 Å². The van der Waals surface area contributed by atoms with Crippen molar-refractivity contribution in [2.24, 2.45) is 5.92 Å². The number of carbonyl (C=O) groups is 4. The molecule has 2 atom stereocenters. The lowest BCUT2D eigenvalue weighted by molar-refractivity contribution is -0.142. The van der Waals surface area contributed by atoms with Crippen molar-refractivity contribution < 1.29 is 19.2 Å². The van der Waals surface area contributed by atoms with Crippen LogP contribution in [0.15, 0.2) is 11.6 Å². The molecule has 8 nitrogen and oxygen atoms in total. The monoisotopic (exact) mass is 434 g/mol. The van der Waals surface area contributed by atoms with E-state index in [0.717, 1.165) is 45.2 Å². The zero-order chi connectivity index (χ0) is 23.0. The Bertz CT molecular complexity index is 683. The molecule has 2 aliphatic rings. The molecule has 2 heterocycles. The van der Waals surface area contributed by atoms with Gasteiger partial charge in [-0.2, -0.15) is 0 Å². The Morgan fingerprint density at radius 1 is 1.06 bits per heavy atom. The molecule has 0 spiro atoms. The Morgan fingerprint density at radius 3 is 2.29 bits per heavy atom. The van der Waals surface area contributed by atoms with E-state index in [-0.39, 0.29) is 42.3 Å². The molecule has 0 aliphatic carbocycles. The first-order chi connectivity index (χ1) is 14.8. The molecule has 1 N–H and O–H groups in total. The quantitative estimate of drug-likeness (QED) is 0.464.